The first-order valence-electron chi connectivity index (χ1n) is 8.88. The normalized spacial score (nSPS) is 12.1. The SMILES string of the molecule is O=C(O[C@H](C(=O)Nc1ccc(Cl)c(C(F)(F)F)c1)c1ccccc1)c1ccc(O)cc1. The van der Waals surface area contributed by atoms with Gasteiger partial charge in [0, 0.05) is 11.3 Å². The lowest BCUT2D eigenvalue weighted by atomic mass is 10.1. The molecule has 31 heavy (non-hydrogen) atoms. The zero-order chi connectivity index (χ0) is 22.6. The van der Waals surface area contributed by atoms with Crippen LogP contribution in [0.5, 0.6) is 5.75 Å². The summed E-state index contributed by atoms with van der Waals surface area (Å²) in [5.74, 6) is -1.76. The number of aromatic hydroxyl groups is 1. The molecule has 5 nitrogen and oxygen atoms in total. The first-order valence-corrected chi connectivity index (χ1v) is 9.25. The maximum absolute atomic E-state index is 13.1. The molecule has 3 aromatic rings. The van der Waals surface area contributed by atoms with Crippen LogP contribution in [-0.4, -0.2) is 17.0 Å². The van der Waals surface area contributed by atoms with Crippen molar-refractivity contribution in [3.63, 3.8) is 0 Å². The van der Waals surface area contributed by atoms with Crippen molar-refractivity contribution < 1.29 is 32.6 Å². The van der Waals surface area contributed by atoms with E-state index in [0.29, 0.717) is 11.6 Å². The Morgan fingerprint density at radius 1 is 0.968 bits per heavy atom. The molecule has 0 bridgehead atoms. The average molecular weight is 450 g/mol. The van der Waals surface area contributed by atoms with Gasteiger partial charge in [-0.1, -0.05) is 41.9 Å². The molecule has 0 saturated heterocycles. The fraction of sp³-hybridized carbons (Fsp3) is 0.0909. The summed E-state index contributed by atoms with van der Waals surface area (Å²) in [4.78, 5) is 25.3. The highest BCUT2D eigenvalue weighted by molar-refractivity contribution is 6.31. The van der Waals surface area contributed by atoms with E-state index in [2.05, 4.69) is 5.32 Å². The fourth-order valence-electron chi connectivity index (χ4n) is 2.70. The van der Waals surface area contributed by atoms with Crippen molar-refractivity contribution in [3.05, 3.63) is 94.5 Å². The Morgan fingerprint density at radius 3 is 2.23 bits per heavy atom. The molecule has 1 amide bonds. The average Bonchev–Trinajstić information content (AvgIpc) is 2.73. The van der Waals surface area contributed by atoms with Gasteiger partial charge in [0.25, 0.3) is 5.91 Å². The van der Waals surface area contributed by atoms with Crippen molar-refractivity contribution in [2.75, 3.05) is 5.32 Å². The van der Waals surface area contributed by atoms with E-state index >= 15 is 0 Å². The molecule has 9 heteroatoms. The summed E-state index contributed by atoms with van der Waals surface area (Å²) in [5, 5.41) is 11.2. The second-order valence-corrected chi connectivity index (χ2v) is 6.83. The Hall–Kier alpha value is -3.52. The second-order valence-electron chi connectivity index (χ2n) is 6.42. The number of halogens is 4. The van der Waals surface area contributed by atoms with Crippen molar-refractivity contribution >= 4 is 29.2 Å². The Balaban J connectivity index is 1.87. The molecule has 0 aliphatic heterocycles. The quantitative estimate of drug-likeness (QED) is 0.497. The molecule has 0 spiro atoms. The number of phenolic OH excluding ortho intramolecular Hbond substituents is 1. The van der Waals surface area contributed by atoms with E-state index in [1.54, 1.807) is 18.2 Å². The van der Waals surface area contributed by atoms with E-state index in [4.69, 9.17) is 16.3 Å². The number of rotatable bonds is 5. The van der Waals surface area contributed by atoms with Gasteiger partial charge in [-0.05, 0) is 42.5 Å². The van der Waals surface area contributed by atoms with Crippen LogP contribution in [-0.2, 0) is 15.7 Å². The highest BCUT2D eigenvalue weighted by Gasteiger charge is 2.34. The van der Waals surface area contributed by atoms with Crippen molar-refractivity contribution in [2.45, 2.75) is 12.3 Å². The first kappa shape index (κ1) is 22.2. The lowest BCUT2D eigenvalue weighted by molar-refractivity contribution is -0.137. The van der Waals surface area contributed by atoms with Gasteiger partial charge in [-0.2, -0.15) is 13.2 Å². The van der Waals surface area contributed by atoms with Crippen molar-refractivity contribution in [1.82, 2.24) is 0 Å². The third-order valence-corrected chi connectivity index (χ3v) is 4.54. The molecule has 0 heterocycles. The second kappa shape index (κ2) is 9.09. The zero-order valence-corrected chi connectivity index (χ0v) is 16.4. The molecule has 3 aromatic carbocycles. The van der Waals surface area contributed by atoms with Crippen LogP contribution < -0.4 is 5.32 Å². The molecular formula is C22H15ClF3NO4. The van der Waals surface area contributed by atoms with Gasteiger partial charge < -0.3 is 15.2 Å². The van der Waals surface area contributed by atoms with Gasteiger partial charge in [0.1, 0.15) is 5.75 Å². The number of hydrogen-bond donors (Lipinski definition) is 2. The smallest absolute Gasteiger partial charge is 0.417 e. The number of alkyl halides is 3. The van der Waals surface area contributed by atoms with Gasteiger partial charge in [0.05, 0.1) is 16.1 Å². The van der Waals surface area contributed by atoms with Gasteiger partial charge in [-0.3, -0.25) is 4.79 Å². The molecule has 160 valence electrons. The number of carbonyl (C=O) groups excluding carboxylic acids is 2. The number of carbonyl (C=O) groups is 2. The maximum Gasteiger partial charge on any atom is 0.417 e. The highest BCUT2D eigenvalue weighted by atomic mass is 35.5. The number of phenols is 1. The Kier molecular flexibility index (Phi) is 6.50. The molecule has 0 aromatic heterocycles. The summed E-state index contributed by atoms with van der Waals surface area (Å²) in [6.07, 6.45) is -6.14. The molecular weight excluding hydrogens is 435 g/mol. The predicted molar refractivity (Wildman–Crippen MR) is 108 cm³/mol. The standard InChI is InChI=1S/C22H15ClF3NO4/c23-18-11-8-15(12-17(18)22(24,25)26)27-20(29)19(13-4-2-1-3-5-13)31-21(30)14-6-9-16(28)10-7-14/h1-12,19,28H,(H,27,29)/t19-/m0/s1. The van der Waals surface area contributed by atoms with Crippen LogP contribution in [0.4, 0.5) is 18.9 Å². The van der Waals surface area contributed by atoms with E-state index in [0.717, 1.165) is 6.07 Å². The minimum atomic E-state index is -4.71. The summed E-state index contributed by atoms with van der Waals surface area (Å²) in [5.41, 5.74) is -0.873. The van der Waals surface area contributed by atoms with Gasteiger partial charge in [0.2, 0.25) is 6.10 Å². The van der Waals surface area contributed by atoms with Crippen LogP contribution in [0.25, 0.3) is 0 Å². The molecule has 0 aliphatic carbocycles. The number of ether oxygens (including phenoxy) is 1. The fourth-order valence-corrected chi connectivity index (χ4v) is 2.93. The number of amides is 1. The number of hydrogen-bond acceptors (Lipinski definition) is 4. The van der Waals surface area contributed by atoms with Gasteiger partial charge in [-0.25, -0.2) is 4.79 Å². The van der Waals surface area contributed by atoms with Crippen molar-refractivity contribution in [2.24, 2.45) is 0 Å². The number of esters is 1. The number of nitrogens with one attached hydrogen (secondary N) is 1. The Morgan fingerprint density at radius 2 is 1.61 bits per heavy atom. The molecule has 0 aliphatic rings. The molecule has 3 rings (SSSR count). The van der Waals surface area contributed by atoms with Gasteiger partial charge >= 0.3 is 12.1 Å². The topological polar surface area (TPSA) is 75.6 Å². The van der Waals surface area contributed by atoms with E-state index in [9.17, 15) is 27.9 Å². The lowest BCUT2D eigenvalue weighted by Crippen LogP contribution is -2.26. The van der Waals surface area contributed by atoms with Crippen molar-refractivity contribution in [1.29, 1.82) is 0 Å². The summed E-state index contributed by atoms with van der Waals surface area (Å²) >= 11 is 5.60. The molecule has 0 unspecified atom stereocenters. The molecule has 0 saturated carbocycles. The Labute approximate surface area is 180 Å². The van der Waals surface area contributed by atoms with E-state index in [1.807, 2.05) is 0 Å². The van der Waals surface area contributed by atoms with Crippen LogP contribution in [0.3, 0.4) is 0 Å². The van der Waals surface area contributed by atoms with Crippen LogP contribution >= 0.6 is 11.6 Å². The monoisotopic (exact) mass is 449 g/mol. The third kappa shape index (κ3) is 5.55. The van der Waals surface area contributed by atoms with Crippen LogP contribution in [0.1, 0.15) is 27.6 Å². The van der Waals surface area contributed by atoms with Crippen LogP contribution in [0.2, 0.25) is 5.02 Å². The Bertz CT molecular complexity index is 1090. The third-order valence-electron chi connectivity index (χ3n) is 4.21. The first-order chi connectivity index (χ1) is 14.6. The van der Waals surface area contributed by atoms with E-state index in [-0.39, 0.29) is 17.0 Å². The summed E-state index contributed by atoms with van der Waals surface area (Å²) in [6, 6.07) is 16.1. The van der Waals surface area contributed by atoms with E-state index < -0.39 is 34.7 Å². The zero-order valence-electron chi connectivity index (χ0n) is 15.7. The van der Waals surface area contributed by atoms with E-state index in [1.165, 1.54) is 42.5 Å². The van der Waals surface area contributed by atoms with Crippen molar-refractivity contribution in [3.8, 4) is 5.75 Å². The molecule has 1 atom stereocenters. The van der Waals surface area contributed by atoms with Gasteiger partial charge in [-0.15, -0.1) is 0 Å². The maximum atomic E-state index is 13.1. The molecule has 0 radical (unpaired) electrons. The predicted octanol–water partition coefficient (Wildman–Crippen LogP) is 5.60. The molecule has 0 fully saturated rings. The number of benzene rings is 3. The van der Waals surface area contributed by atoms with Gasteiger partial charge in [0.15, 0.2) is 0 Å². The highest BCUT2D eigenvalue weighted by Crippen LogP contribution is 2.36. The minimum absolute atomic E-state index is 0.0582. The number of anilines is 1. The van der Waals surface area contributed by atoms with Crippen LogP contribution in [0, 0.1) is 0 Å². The van der Waals surface area contributed by atoms with Crippen LogP contribution in [0.15, 0.2) is 72.8 Å². The minimum Gasteiger partial charge on any atom is -0.508 e. The summed E-state index contributed by atoms with van der Waals surface area (Å²) < 4.78 is 44.6. The summed E-state index contributed by atoms with van der Waals surface area (Å²) in [6.45, 7) is 0. The largest absolute Gasteiger partial charge is 0.508 e. The molecule has 2 N–H and O–H groups in total. The summed E-state index contributed by atoms with van der Waals surface area (Å²) in [7, 11) is 0. The lowest BCUT2D eigenvalue weighted by Gasteiger charge is -2.19.